The van der Waals surface area contributed by atoms with Crippen LogP contribution < -0.4 is 26.7 Å². The highest BCUT2D eigenvalue weighted by Crippen LogP contribution is 2.19. The molecular formula is C28H35N5O. The summed E-state index contributed by atoms with van der Waals surface area (Å²) in [6, 6.07) is 8.88. The van der Waals surface area contributed by atoms with Gasteiger partial charge in [0.15, 0.2) is 0 Å². The van der Waals surface area contributed by atoms with Gasteiger partial charge in [0.05, 0.1) is 5.70 Å². The lowest BCUT2D eigenvalue weighted by Crippen LogP contribution is -2.38. The number of rotatable bonds is 12. The number of benzene rings is 1. The smallest absolute Gasteiger partial charge is 0.139 e. The van der Waals surface area contributed by atoms with Gasteiger partial charge < -0.3 is 21.3 Å². The van der Waals surface area contributed by atoms with Gasteiger partial charge in [-0.3, -0.25) is 10.7 Å². The molecule has 1 heterocycles. The van der Waals surface area contributed by atoms with E-state index in [0.717, 1.165) is 35.5 Å². The molecule has 0 amide bonds. The number of hydrogen-bond acceptors (Lipinski definition) is 6. The van der Waals surface area contributed by atoms with Crippen molar-refractivity contribution in [3.63, 3.8) is 0 Å². The fourth-order valence-electron chi connectivity index (χ4n) is 3.32. The molecule has 1 aromatic rings. The zero-order valence-electron chi connectivity index (χ0n) is 19.8. The zero-order valence-corrected chi connectivity index (χ0v) is 19.8. The van der Waals surface area contributed by atoms with E-state index in [1.807, 2.05) is 36.6 Å². The van der Waals surface area contributed by atoms with Crippen LogP contribution in [0.15, 0.2) is 96.7 Å². The van der Waals surface area contributed by atoms with Gasteiger partial charge in [0.1, 0.15) is 6.17 Å². The van der Waals surface area contributed by atoms with Crippen LogP contribution in [0.5, 0.6) is 0 Å². The number of nitrogens with one attached hydrogen (secondary N) is 5. The van der Waals surface area contributed by atoms with Crippen LogP contribution in [0.2, 0.25) is 0 Å². The second-order valence-corrected chi connectivity index (χ2v) is 8.26. The third-order valence-electron chi connectivity index (χ3n) is 5.33. The highest BCUT2D eigenvalue weighted by atomic mass is 16.5. The van der Waals surface area contributed by atoms with E-state index in [1.54, 1.807) is 6.08 Å². The summed E-state index contributed by atoms with van der Waals surface area (Å²) in [6.45, 7) is 10.6. The van der Waals surface area contributed by atoms with E-state index in [2.05, 4.69) is 76.9 Å². The summed E-state index contributed by atoms with van der Waals surface area (Å²) in [5, 5.41) is 22.4. The summed E-state index contributed by atoms with van der Waals surface area (Å²) >= 11 is 0. The quantitative estimate of drug-likeness (QED) is 0.159. The molecule has 0 spiro atoms. The van der Waals surface area contributed by atoms with Crippen molar-refractivity contribution in [2.24, 2.45) is 0 Å². The molecule has 2 aliphatic rings. The normalized spacial score (nSPS) is 17.8. The van der Waals surface area contributed by atoms with Crippen molar-refractivity contribution in [2.45, 2.75) is 44.8 Å². The summed E-state index contributed by atoms with van der Waals surface area (Å²) in [7, 11) is 0. The van der Waals surface area contributed by atoms with Gasteiger partial charge in [0.2, 0.25) is 0 Å². The summed E-state index contributed by atoms with van der Waals surface area (Å²) in [5.74, 6) is 6.45. The van der Waals surface area contributed by atoms with E-state index in [-0.39, 0.29) is 6.17 Å². The Morgan fingerprint density at radius 1 is 1.26 bits per heavy atom. The first-order chi connectivity index (χ1) is 16.6. The molecule has 1 aromatic carbocycles. The molecule has 0 radical (unpaired) electrons. The van der Waals surface area contributed by atoms with Crippen LogP contribution in [0.4, 0.5) is 5.69 Å². The minimum absolute atomic E-state index is 0.225. The van der Waals surface area contributed by atoms with Gasteiger partial charge in [-0.2, -0.15) is 0 Å². The van der Waals surface area contributed by atoms with Crippen LogP contribution in [-0.4, -0.2) is 24.0 Å². The minimum Gasteiger partial charge on any atom is -0.365 e. The number of hydrogen-bond donors (Lipinski definition) is 6. The average Bonchev–Trinajstić information content (AvgIpc) is 3.57. The molecule has 0 aromatic heterocycles. The van der Waals surface area contributed by atoms with Gasteiger partial charge in [-0.1, -0.05) is 56.2 Å². The van der Waals surface area contributed by atoms with E-state index < -0.39 is 0 Å². The van der Waals surface area contributed by atoms with E-state index in [0.29, 0.717) is 18.2 Å². The van der Waals surface area contributed by atoms with Crippen molar-refractivity contribution in [1.29, 1.82) is 0 Å². The topological polar surface area (TPSA) is 80.4 Å². The molecule has 3 rings (SSSR count). The largest absolute Gasteiger partial charge is 0.365 e. The van der Waals surface area contributed by atoms with Crippen LogP contribution in [-0.2, 0) is 0 Å². The Labute approximate surface area is 203 Å². The monoisotopic (exact) mass is 457 g/mol. The Bertz CT molecular complexity index is 1030. The molecule has 6 N–H and O–H groups in total. The highest BCUT2D eigenvalue weighted by Gasteiger charge is 2.20. The van der Waals surface area contributed by atoms with Crippen molar-refractivity contribution in [3.05, 3.63) is 102 Å². The first-order valence-corrected chi connectivity index (χ1v) is 11.7. The minimum atomic E-state index is -0.225. The van der Waals surface area contributed by atoms with Crippen LogP contribution in [0.3, 0.4) is 0 Å². The first-order valence-electron chi connectivity index (χ1n) is 11.7. The summed E-state index contributed by atoms with van der Waals surface area (Å²) in [6.07, 6.45) is 15.8. The summed E-state index contributed by atoms with van der Waals surface area (Å²) < 4.78 is 0. The molecule has 1 aliphatic heterocycles. The molecule has 1 aliphatic carbocycles. The summed E-state index contributed by atoms with van der Waals surface area (Å²) in [4.78, 5) is 0. The van der Waals surface area contributed by atoms with Crippen molar-refractivity contribution < 1.29 is 5.21 Å². The Morgan fingerprint density at radius 2 is 2.06 bits per heavy atom. The lowest BCUT2D eigenvalue weighted by Gasteiger charge is -2.14. The second kappa shape index (κ2) is 13.1. The Kier molecular flexibility index (Phi) is 9.65. The lowest BCUT2D eigenvalue weighted by molar-refractivity contribution is 0.189. The molecule has 0 saturated heterocycles. The van der Waals surface area contributed by atoms with Gasteiger partial charge in [-0.05, 0) is 49.6 Å². The van der Waals surface area contributed by atoms with Crippen LogP contribution in [0, 0.1) is 11.8 Å². The Morgan fingerprint density at radius 3 is 2.74 bits per heavy atom. The maximum absolute atomic E-state index is 8.95. The number of hydroxylamine groups is 1. The van der Waals surface area contributed by atoms with Crippen molar-refractivity contribution in [1.82, 2.24) is 21.4 Å². The van der Waals surface area contributed by atoms with Gasteiger partial charge in [-0.25, -0.2) is 0 Å². The maximum Gasteiger partial charge on any atom is 0.139 e. The highest BCUT2D eigenvalue weighted by molar-refractivity contribution is 5.53. The average molecular weight is 458 g/mol. The van der Waals surface area contributed by atoms with Crippen LogP contribution in [0.1, 0.15) is 38.2 Å². The first kappa shape index (κ1) is 25.0. The van der Waals surface area contributed by atoms with Gasteiger partial charge in [-0.15, -0.1) is 0 Å². The standard InChI is InChI=1S/C28H35N5O/c1-4-7-22(9-6-10-27-20-30-28(32-27)21(3)33-34)11-12-23-13-15-25(16-14-23)31-26(8-5-2)19-29-24-17-18-24/h4,6-9,13-16,20,24,28-34H,1,3,5,10,17-19H2,2H3/b9-6-,22-7+,26-8+. The number of allylic oxidation sites excluding steroid dienone is 6. The van der Waals surface area contributed by atoms with E-state index in [4.69, 9.17) is 5.21 Å². The molecule has 1 atom stereocenters. The van der Waals surface area contributed by atoms with Crippen LogP contribution in [0.25, 0.3) is 0 Å². The van der Waals surface area contributed by atoms with Gasteiger partial charge >= 0.3 is 0 Å². The fraction of sp³-hybridized carbons (Fsp3) is 0.286. The Balaban J connectivity index is 1.54. The second-order valence-electron chi connectivity index (χ2n) is 8.26. The lowest BCUT2D eigenvalue weighted by atomic mass is 10.1. The van der Waals surface area contributed by atoms with E-state index in [1.165, 1.54) is 18.5 Å². The molecule has 34 heavy (non-hydrogen) atoms. The van der Waals surface area contributed by atoms with Gasteiger partial charge in [0.25, 0.3) is 0 Å². The molecule has 1 fully saturated rings. The molecule has 6 heteroatoms. The summed E-state index contributed by atoms with van der Waals surface area (Å²) in [5.41, 5.74) is 7.62. The Hall–Kier alpha value is -3.66. The van der Waals surface area contributed by atoms with E-state index in [9.17, 15) is 0 Å². The van der Waals surface area contributed by atoms with Crippen molar-refractivity contribution >= 4 is 5.69 Å². The number of anilines is 1. The molecule has 178 valence electrons. The predicted molar refractivity (Wildman–Crippen MR) is 141 cm³/mol. The SMILES string of the molecule is C=C/C=C(C#Cc1ccc(N/C(=C/CC)CNC2CC2)cc1)\C=C/CC1=CNC(C(=C)NO)N1. The van der Waals surface area contributed by atoms with E-state index >= 15 is 0 Å². The van der Waals surface area contributed by atoms with Gasteiger partial charge in [0, 0.05) is 53.4 Å². The van der Waals surface area contributed by atoms with Crippen molar-refractivity contribution in [2.75, 3.05) is 11.9 Å². The predicted octanol–water partition coefficient (Wildman–Crippen LogP) is 4.41. The third-order valence-corrected chi connectivity index (χ3v) is 5.33. The maximum atomic E-state index is 8.95. The van der Waals surface area contributed by atoms with Crippen molar-refractivity contribution in [3.8, 4) is 11.8 Å². The zero-order chi connectivity index (χ0) is 24.2. The third kappa shape index (κ3) is 8.36. The molecule has 0 bridgehead atoms. The molecule has 1 unspecified atom stereocenters. The molecule has 6 nitrogen and oxygen atoms in total. The molecule has 1 saturated carbocycles. The fourth-order valence-corrected chi connectivity index (χ4v) is 3.32. The van der Waals surface area contributed by atoms with Crippen LogP contribution >= 0.6 is 0 Å². The molecular weight excluding hydrogens is 422 g/mol.